The molecule has 0 saturated carbocycles. The summed E-state index contributed by atoms with van der Waals surface area (Å²) in [5, 5.41) is 12.4. The predicted octanol–water partition coefficient (Wildman–Crippen LogP) is 2.97. The van der Waals surface area contributed by atoms with Crippen LogP contribution in [0.2, 0.25) is 18.1 Å². The molecule has 25 heavy (non-hydrogen) atoms. The number of likely N-dealkylation sites (tertiary alicyclic amines) is 1. The van der Waals surface area contributed by atoms with Gasteiger partial charge < -0.3 is 19.6 Å². The van der Waals surface area contributed by atoms with Crippen LogP contribution in [0.15, 0.2) is 0 Å². The lowest BCUT2D eigenvalue weighted by Gasteiger charge is -2.45. The Balaban J connectivity index is 2.84. The fourth-order valence-electron chi connectivity index (χ4n) is 2.62. The smallest absolute Gasteiger partial charge is 0.407 e. The van der Waals surface area contributed by atoms with Crippen LogP contribution in [-0.4, -0.2) is 68.4 Å². The van der Waals surface area contributed by atoms with Gasteiger partial charge in [-0.1, -0.05) is 20.8 Å². The summed E-state index contributed by atoms with van der Waals surface area (Å²) in [7, 11) is -1.97. The molecule has 0 unspecified atom stereocenters. The van der Waals surface area contributed by atoms with Gasteiger partial charge in [-0.2, -0.15) is 0 Å². The van der Waals surface area contributed by atoms with Crippen LogP contribution in [0.25, 0.3) is 0 Å². The number of alkyl carbamates (subject to hydrolysis) is 1. The molecular formula is C18H38N2O4Si. The van der Waals surface area contributed by atoms with Gasteiger partial charge in [0, 0.05) is 19.6 Å². The third-order valence-corrected chi connectivity index (χ3v) is 9.52. The number of amides is 1. The minimum atomic E-state index is -1.97. The van der Waals surface area contributed by atoms with E-state index in [-0.39, 0.29) is 23.8 Å². The van der Waals surface area contributed by atoms with Crippen molar-refractivity contribution in [2.75, 3.05) is 26.2 Å². The number of hydrogen-bond acceptors (Lipinski definition) is 5. The van der Waals surface area contributed by atoms with Gasteiger partial charge in [0.2, 0.25) is 0 Å². The van der Waals surface area contributed by atoms with E-state index in [0.717, 1.165) is 13.0 Å². The Kier molecular flexibility index (Phi) is 7.50. The predicted molar refractivity (Wildman–Crippen MR) is 103 cm³/mol. The first-order valence-corrected chi connectivity index (χ1v) is 12.2. The van der Waals surface area contributed by atoms with Crippen LogP contribution in [0, 0.1) is 0 Å². The first-order valence-electron chi connectivity index (χ1n) is 9.26. The maximum Gasteiger partial charge on any atom is 0.407 e. The minimum absolute atomic E-state index is 0.0704. The van der Waals surface area contributed by atoms with Gasteiger partial charge in [-0.3, -0.25) is 4.90 Å². The average molecular weight is 375 g/mol. The molecule has 148 valence electrons. The van der Waals surface area contributed by atoms with Crippen molar-refractivity contribution in [1.82, 2.24) is 10.2 Å². The molecule has 0 radical (unpaired) electrons. The quantitative estimate of drug-likeness (QED) is 0.724. The van der Waals surface area contributed by atoms with Gasteiger partial charge >= 0.3 is 6.09 Å². The molecular weight excluding hydrogens is 336 g/mol. The minimum Gasteiger partial charge on any atom is -0.444 e. The monoisotopic (exact) mass is 374 g/mol. The Morgan fingerprint density at radius 3 is 2.32 bits per heavy atom. The van der Waals surface area contributed by atoms with Crippen molar-refractivity contribution in [3.8, 4) is 0 Å². The fourth-order valence-corrected chi connectivity index (χ4v) is 3.97. The number of carbonyl (C=O) groups excluding carboxylic acids is 1. The molecule has 0 aromatic carbocycles. The van der Waals surface area contributed by atoms with Crippen LogP contribution in [0.3, 0.4) is 0 Å². The lowest BCUT2D eigenvalue weighted by molar-refractivity contribution is 0.0212. The molecule has 1 amide bonds. The molecule has 1 aliphatic rings. The van der Waals surface area contributed by atoms with E-state index < -0.39 is 20.0 Å². The van der Waals surface area contributed by atoms with Crippen LogP contribution < -0.4 is 5.32 Å². The first-order chi connectivity index (χ1) is 11.2. The second-order valence-electron chi connectivity index (χ2n) is 9.48. The molecule has 2 atom stereocenters. The van der Waals surface area contributed by atoms with E-state index >= 15 is 0 Å². The van der Waals surface area contributed by atoms with E-state index in [4.69, 9.17) is 9.16 Å². The zero-order valence-corrected chi connectivity index (χ0v) is 18.3. The Hall–Kier alpha value is -0.633. The third-order valence-electron chi connectivity index (χ3n) is 5.01. The maximum absolute atomic E-state index is 12.2. The molecule has 6 nitrogen and oxygen atoms in total. The van der Waals surface area contributed by atoms with Gasteiger partial charge in [-0.15, -0.1) is 0 Å². The maximum atomic E-state index is 12.2. The van der Waals surface area contributed by atoms with Gasteiger partial charge in [0.15, 0.2) is 8.32 Å². The molecule has 1 fully saturated rings. The number of rotatable bonds is 5. The van der Waals surface area contributed by atoms with E-state index in [2.05, 4.69) is 44.1 Å². The standard InChI is InChI=1S/C18H38N2O4Si/c1-17(2,3)23-16(22)19-14-9-10-20(11-12-21)13-15(14)24-25(7,8)18(4,5)6/h14-15,21H,9-13H2,1-8H3,(H,19,22)/t14-,15-/m1/s1. The largest absolute Gasteiger partial charge is 0.444 e. The fraction of sp³-hybridized carbons (Fsp3) is 0.944. The zero-order chi connectivity index (χ0) is 19.5. The molecule has 7 heteroatoms. The van der Waals surface area contributed by atoms with Crippen molar-refractivity contribution in [2.24, 2.45) is 0 Å². The number of ether oxygens (including phenoxy) is 1. The Morgan fingerprint density at radius 2 is 1.84 bits per heavy atom. The van der Waals surface area contributed by atoms with Gasteiger partial charge in [0.25, 0.3) is 0 Å². The van der Waals surface area contributed by atoms with Gasteiger partial charge in [0.1, 0.15) is 5.60 Å². The highest BCUT2D eigenvalue weighted by molar-refractivity contribution is 6.74. The number of nitrogens with zero attached hydrogens (tertiary/aromatic N) is 1. The van der Waals surface area contributed by atoms with Crippen LogP contribution in [-0.2, 0) is 9.16 Å². The SMILES string of the molecule is CC(C)(C)OC(=O)N[C@@H]1CCN(CCO)C[C@H]1O[Si](C)(C)C(C)(C)C. The van der Waals surface area contributed by atoms with Crippen LogP contribution in [0.5, 0.6) is 0 Å². The molecule has 0 aliphatic carbocycles. The highest BCUT2D eigenvalue weighted by atomic mass is 28.4. The zero-order valence-electron chi connectivity index (χ0n) is 17.3. The van der Waals surface area contributed by atoms with Gasteiger partial charge in [-0.25, -0.2) is 4.79 Å². The summed E-state index contributed by atoms with van der Waals surface area (Å²) in [5.74, 6) is 0. The molecule has 0 bridgehead atoms. The molecule has 2 N–H and O–H groups in total. The Bertz CT molecular complexity index is 443. The van der Waals surface area contributed by atoms with E-state index in [9.17, 15) is 9.90 Å². The molecule has 0 aromatic heterocycles. The number of aliphatic hydroxyl groups is 1. The number of carbonyl (C=O) groups is 1. The number of piperidine rings is 1. The molecule has 0 spiro atoms. The highest BCUT2D eigenvalue weighted by Gasteiger charge is 2.42. The van der Waals surface area contributed by atoms with E-state index in [1.54, 1.807) is 0 Å². The van der Waals surface area contributed by atoms with Crippen molar-refractivity contribution >= 4 is 14.4 Å². The summed E-state index contributed by atoms with van der Waals surface area (Å²) in [5.41, 5.74) is -0.516. The van der Waals surface area contributed by atoms with Crippen LogP contribution >= 0.6 is 0 Å². The van der Waals surface area contributed by atoms with Crippen LogP contribution in [0.4, 0.5) is 4.79 Å². The normalized spacial score (nSPS) is 23.4. The molecule has 1 aliphatic heterocycles. The van der Waals surface area contributed by atoms with Crippen molar-refractivity contribution in [3.63, 3.8) is 0 Å². The number of hydrogen-bond donors (Lipinski definition) is 2. The van der Waals surface area contributed by atoms with E-state index in [1.807, 2.05) is 20.8 Å². The third kappa shape index (κ3) is 7.25. The Labute approximate surface area is 154 Å². The summed E-state index contributed by atoms with van der Waals surface area (Å²) in [6, 6.07) is -0.0704. The average Bonchev–Trinajstić information content (AvgIpc) is 2.38. The van der Waals surface area contributed by atoms with Crippen molar-refractivity contribution < 1.29 is 19.1 Å². The summed E-state index contributed by atoms with van der Waals surface area (Å²) in [4.78, 5) is 14.4. The topological polar surface area (TPSA) is 71.0 Å². The van der Waals surface area contributed by atoms with Crippen molar-refractivity contribution in [3.05, 3.63) is 0 Å². The summed E-state index contributed by atoms with van der Waals surface area (Å²) in [6.45, 7) is 19.0. The summed E-state index contributed by atoms with van der Waals surface area (Å²) < 4.78 is 12.0. The highest BCUT2D eigenvalue weighted by Crippen LogP contribution is 2.38. The van der Waals surface area contributed by atoms with Crippen molar-refractivity contribution in [1.29, 1.82) is 0 Å². The summed E-state index contributed by atoms with van der Waals surface area (Å²) in [6.07, 6.45) is 0.309. The first kappa shape index (κ1) is 22.4. The van der Waals surface area contributed by atoms with E-state index in [1.165, 1.54) is 0 Å². The second kappa shape index (κ2) is 8.37. The van der Waals surface area contributed by atoms with E-state index in [0.29, 0.717) is 13.1 Å². The lowest BCUT2D eigenvalue weighted by atomic mass is 10.0. The van der Waals surface area contributed by atoms with Gasteiger partial charge in [0.05, 0.1) is 18.8 Å². The number of aliphatic hydroxyl groups excluding tert-OH is 1. The Morgan fingerprint density at radius 1 is 1.24 bits per heavy atom. The lowest BCUT2D eigenvalue weighted by Crippen LogP contribution is -2.59. The van der Waals surface area contributed by atoms with Crippen molar-refractivity contribution in [2.45, 2.75) is 83.8 Å². The number of β-amino-alcohol motifs (C(OH)–C–C–N with tert-alkyl or cyclic N) is 1. The molecule has 1 rings (SSSR count). The molecule has 1 heterocycles. The molecule has 1 saturated heterocycles. The number of nitrogens with one attached hydrogen (secondary N) is 1. The summed E-state index contributed by atoms with van der Waals surface area (Å²) >= 11 is 0. The van der Waals surface area contributed by atoms with Crippen LogP contribution in [0.1, 0.15) is 48.0 Å². The van der Waals surface area contributed by atoms with Gasteiger partial charge in [-0.05, 0) is 45.3 Å². The molecule has 0 aromatic rings. The second-order valence-corrected chi connectivity index (χ2v) is 14.2.